The maximum atomic E-state index is 9.93. The number of benzene rings is 5. The van der Waals surface area contributed by atoms with E-state index in [1.165, 1.54) is 26.9 Å². The predicted octanol–water partition coefficient (Wildman–Crippen LogP) is 7.53. The molecule has 0 saturated carbocycles. The van der Waals surface area contributed by atoms with Crippen LogP contribution < -0.4 is 5.73 Å². The average Bonchev–Trinajstić information content (AvgIpc) is 2.82. The highest BCUT2D eigenvalue weighted by molar-refractivity contribution is 9.10. The summed E-state index contributed by atoms with van der Waals surface area (Å²) >= 11 is 3.53. The van der Waals surface area contributed by atoms with Crippen molar-refractivity contribution in [3.8, 4) is 28.5 Å². The van der Waals surface area contributed by atoms with Gasteiger partial charge in [0.05, 0.1) is 5.69 Å². The first-order valence-corrected chi connectivity index (χ1v) is 11.1. The minimum atomic E-state index is 0.241. The number of nitrogens with two attached hydrogens (primary N) is 1. The Bertz CT molecular complexity index is 1700. The predicted molar refractivity (Wildman–Crippen MR) is 136 cm³/mol. The molecule has 0 spiro atoms. The Morgan fingerprint density at radius 3 is 2.19 bits per heavy atom. The van der Waals surface area contributed by atoms with Crippen LogP contribution in [-0.2, 0) is 0 Å². The number of pyridine rings is 1. The van der Waals surface area contributed by atoms with Crippen LogP contribution in [0.2, 0.25) is 0 Å². The minimum absolute atomic E-state index is 0.241. The summed E-state index contributed by atoms with van der Waals surface area (Å²) in [6.45, 7) is 0. The SMILES string of the molecule is N#Cc1c(-c2ccc3ccc4cccc5ccc2c3c45)cc(-c2cccc(Br)c2)nc1N. The molecule has 0 bridgehead atoms. The van der Waals surface area contributed by atoms with Crippen LogP contribution in [0.3, 0.4) is 0 Å². The fraction of sp³-hybridized carbons (Fsp3) is 0. The molecule has 0 saturated heterocycles. The van der Waals surface area contributed by atoms with E-state index in [1.807, 2.05) is 30.3 Å². The molecule has 3 nitrogen and oxygen atoms in total. The molecule has 0 aliphatic carbocycles. The van der Waals surface area contributed by atoms with Crippen molar-refractivity contribution in [2.24, 2.45) is 0 Å². The summed E-state index contributed by atoms with van der Waals surface area (Å²) in [4.78, 5) is 4.54. The molecule has 32 heavy (non-hydrogen) atoms. The second-order valence-electron chi connectivity index (χ2n) is 7.91. The van der Waals surface area contributed by atoms with Crippen molar-refractivity contribution >= 4 is 54.1 Å². The van der Waals surface area contributed by atoms with Crippen LogP contribution in [0.1, 0.15) is 5.56 Å². The van der Waals surface area contributed by atoms with Gasteiger partial charge in [0.25, 0.3) is 0 Å². The molecule has 1 aromatic heterocycles. The average molecular weight is 474 g/mol. The van der Waals surface area contributed by atoms with E-state index in [2.05, 4.69) is 81.6 Å². The van der Waals surface area contributed by atoms with Gasteiger partial charge in [0.2, 0.25) is 0 Å². The Hall–Kier alpha value is -3.94. The highest BCUT2D eigenvalue weighted by Gasteiger charge is 2.18. The Labute approximate surface area is 193 Å². The molecule has 6 aromatic rings. The second kappa shape index (κ2) is 7.05. The lowest BCUT2D eigenvalue weighted by Crippen LogP contribution is -2.00. The number of hydrogen-bond acceptors (Lipinski definition) is 3. The van der Waals surface area contributed by atoms with Gasteiger partial charge in [-0.25, -0.2) is 4.98 Å². The number of nitrogens with zero attached hydrogens (tertiary/aromatic N) is 2. The minimum Gasteiger partial charge on any atom is -0.383 e. The zero-order valence-corrected chi connectivity index (χ0v) is 18.5. The zero-order valence-electron chi connectivity index (χ0n) is 16.9. The topological polar surface area (TPSA) is 62.7 Å². The summed E-state index contributed by atoms with van der Waals surface area (Å²) in [7, 11) is 0. The van der Waals surface area contributed by atoms with Crippen molar-refractivity contribution in [3.05, 3.63) is 95.0 Å². The fourth-order valence-electron chi connectivity index (χ4n) is 4.66. The van der Waals surface area contributed by atoms with Gasteiger partial charge < -0.3 is 5.73 Å². The van der Waals surface area contributed by atoms with E-state index in [0.717, 1.165) is 32.2 Å². The van der Waals surface area contributed by atoms with Crippen LogP contribution in [-0.4, -0.2) is 4.98 Å². The normalized spacial score (nSPS) is 11.4. The summed E-state index contributed by atoms with van der Waals surface area (Å²) < 4.78 is 0.962. The first kappa shape index (κ1) is 18.8. The summed E-state index contributed by atoms with van der Waals surface area (Å²) in [6, 6.07) is 31.4. The Balaban J connectivity index is 1.71. The smallest absolute Gasteiger partial charge is 0.142 e. The molecule has 0 aliphatic rings. The van der Waals surface area contributed by atoms with Gasteiger partial charge in [-0.3, -0.25) is 0 Å². The lowest BCUT2D eigenvalue weighted by molar-refractivity contribution is 1.31. The van der Waals surface area contributed by atoms with Crippen molar-refractivity contribution < 1.29 is 0 Å². The molecular weight excluding hydrogens is 458 g/mol. The third-order valence-electron chi connectivity index (χ3n) is 6.10. The van der Waals surface area contributed by atoms with Gasteiger partial charge in [-0.05, 0) is 56.1 Å². The largest absolute Gasteiger partial charge is 0.383 e. The highest BCUT2D eigenvalue weighted by atomic mass is 79.9. The van der Waals surface area contributed by atoms with Crippen LogP contribution in [0.15, 0.2) is 89.4 Å². The number of aromatic nitrogens is 1. The Morgan fingerprint density at radius 2 is 1.44 bits per heavy atom. The van der Waals surface area contributed by atoms with Gasteiger partial charge in [-0.1, -0.05) is 82.7 Å². The van der Waals surface area contributed by atoms with Crippen LogP contribution in [0.25, 0.3) is 54.7 Å². The number of nitrogen functional groups attached to an aromatic ring is 1. The van der Waals surface area contributed by atoms with E-state index in [-0.39, 0.29) is 5.82 Å². The summed E-state index contributed by atoms with van der Waals surface area (Å²) in [5, 5.41) is 17.1. The molecule has 5 aromatic carbocycles. The van der Waals surface area contributed by atoms with E-state index in [9.17, 15) is 5.26 Å². The summed E-state index contributed by atoms with van der Waals surface area (Å²) in [5.74, 6) is 0.241. The molecule has 0 atom stereocenters. The van der Waals surface area contributed by atoms with E-state index >= 15 is 0 Å². The molecule has 0 aliphatic heterocycles. The van der Waals surface area contributed by atoms with Gasteiger partial charge in [-0.15, -0.1) is 0 Å². The third kappa shape index (κ3) is 2.76. The van der Waals surface area contributed by atoms with Crippen LogP contribution in [0.5, 0.6) is 0 Å². The first-order chi connectivity index (χ1) is 15.6. The van der Waals surface area contributed by atoms with E-state index < -0.39 is 0 Å². The maximum absolute atomic E-state index is 9.93. The van der Waals surface area contributed by atoms with E-state index in [0.29, 0.717) is 5.56 Å². The lowest BCUT2D eigenvalue weighted by atomic mass is 9.88. The van der Waals surface area contributed by atoms with Crippen LogP contribution >= 0.6 is 15.9 Å². The number of hydrogen-bond donors (Lipinski definition) is 1. The number of anilines is 1. The monoisotopic (exact) mass is 473 g/mol. The van der Waals surface area contributed by atoms with E-state index in [4.69, 9.17) is 5.73 Å². The fourth-order valence-corrected chi connectivity index (χ4v) is 5.06. The molecule has 0 unspecified atom stereocenters. The highest BCUT2D eigenvalue weighted by Crippen LogP contribution is 2.41. The van der Waals surface area contributed by atoms with Gasteiger partial charge in [-0.2, -0.15) is 5.26 Å². The molecule has 0 radical (unpaired) electrons. The number of rotatable bonds is 2. The molecular formula is C28H16BrN3. The molecule has 6 rings (SSSR count). The molecule has 2 N–H and O–H groups in total. The standard InChI is InChI=1S/C28H16BrN3/c29-20-6-2-5-19(13-20)25-14-23(24(15-30)28(31)32-25)21-11-9-18-8-7-16-3-1-4-17-10-12-22(21)27(18)26(16)17/h1-14H,(H2,31,32). The summed E-state index contributed by atoms with van der Waals surface area (Å²) in [6.07, 6.45) is 0. The van der Waals surface area contributed by atoms with Crippen LogP contribution in [0, 0.1) is 11.3 Å². The van der Waals surface area contributed by atoms with Gasteiger partial charge in [0, 0.05) is 15.6 Å². The Kier molecular flexibility index (Phi) is 4.14. The number of halogens is 1. The first-order valence-electron chi connectivity index (χ1n) is 10.3. The second-order valence-corrected chi connectivity index (χ2v) is 8.82. The molecule has 150 valence electrons. The van der Waals surface area contributed by atoms with E-state index in [1.54, 1.807) is 0 Å². The molecule has 4 heteroatoms. The molecule has 0 amide bonds. The zero-order chi connectivity index (χ0) is 21.8. The van der Waals surface area contributed by atoms with Gasteiger partial charge in [0.15, 0.2) is 0 Å². The lowest BCUT2D eigenvalue weighted by Gasteiger charge is -2.16. The van der Waals surface area contributed by atoms with Crippen molar-refractivity contribution in [1.29, 1.82) is 5.26 Å². The maximum Gasteiger partial charge on any atom is 0.142 e. The van der Waals surface area contributed by atoms with Crippen molar-refractivity contribution in [2.75, 3.05) is 5.73 Å². The number of nitriles is 1. The third-order valence-corrected chi connectivity index (χ3v) is 6.59. The summed E-state index contributed by atoms with van der Waals surface area (Å²) in [5.41, 5.74) is 10.2. The van der Waals surface area contributed by atoms with Crippen LogP contribution in [0.4, 0.5) is 5.82 Å². The van der Waals surface area contributed by atoms with Crippen molar-refractivity contribution in [1.82, 2.24) is 4.98 Å². The Morgan fingerprint density at radius 1 is 0.750 bits per heavy atom. The molecule has 1 heterocycles. The quantitative estimate of drug-likeness (QED) is 0.264. The van der Waals surface area contributed by atoms with Crippen molar-refractivity contribution in [2.45, 2.75) is 0 Å². The van der Waals surface area contributed by atoms with Gasteiger partial charge in [0.1, 0.15) is 17.5 Å². The van der Waals surface area contributed by atoms with Gasteiger partial charge >= 0.3 is 0 Å². The van der Waals surface area contributed by atoms with Crippen molar-refractivity contribution in [3.63, 3.8) is 0 Å². The molecule has 0 fully saturated rings.